The lowest BCUT2D eigenvalue weighted by Crippen LogP contribution is -2.16. The maximum Gasteiger partial charge on any atom is 0.714 e. The molecule has 20 heavy (non-hydrogen) atoms. The van der Waals surface area contributed by atoms with Gasteiger partial charge < -0.3 is 0 Å². The molecule has 0 aliphatic heterocycles. The van der Waals surface area contributed by atoms with Crippen molar-refractivity contribution in [1.29, 1.82) is 0 Å². The third-order valence-electron chi connectivity index (χ3n) is 2.34. The average molecular weight is 331 g/mol. The van der Waals surface area contributed by atoms with Crippen LogP contribution < -0.4 is 0 Å². The summed E-state index contributed by atoms with van der Waals surface area (Å²) < 4.78 is 81.6. The second-order valence-electron chi connectivity index (χ2n) is 3.58. The zero-order valence-electron chi connectivity index (χ0n) is 10.5. The average Bonchev–Trinajstić information content (AvgIpc) is 2.36. The Hall–Kier alpha value is -1.02. The van der Waals surface area contributed by atoms with E-state index >= 15 is 0 Å². The van der Waals surface area contributed by atoms with Gasteiger partial charge in [-0.25, -0.2) is 0 Å². The Balaban J connectivity index is 3.53. The van der Waals surface area contributed by atoms with Crippen LogP contribution in [0.1, 0.15) is 18.1 Å². The standard InChI is InChI=1S/C10H11F3O5PS/c1-3-7-5-4-6-8(10(11,12)13)9(7)20(15,16)18-19(14)17-2/h4-6H,3H2,1-2H3/q+1. The first-order chi connectivity index (χ1) is 9.13. The molecule has 1 rings (SSSR count). The van der Waals surface area contributed by atoms with Crippen molar-refractivity contribution in [3.05, 3.63) is 29.3 Å². The van der Waals surface area contributed by atoms with Gasteiger partial charge in [0.25, 0.3) is 0 Å². The Bertz CT molecular complexity index is 612. The number of aryl methyl sites for hydroxylation is 1. The minimum Gasteiger partial charge on any atom is -0.190 e. The summed E-state index contributed by atoms with van der Waals surface area (Å²) in [7, 11) is -7.01. The fraction of sp³-hybridized carbons (Fsp3) is 0.400. The summed E-state index contributed by atoms with van der Waals surface area (Å²) >= 11 is 0. The van der Waals surface area contributed by atoms with Crippen LogP contribution in [0.3, 0.4) is 0 Å². The highest BCUT2D eigenvalue weighted by Crippen LogP contribution is 2.39. The van der Waals surface area contributed by atoms with Gasteiger partial charge in [0.2, 0.25) is 0 Å². The van der Waals surface area contributed by atoms with Crippen molar-refractivity contribution in [2.45, 2.75) is 24.4 Å². The highest BCUT2D eigenvalue weighted by Gasteiger charge is 2.42. The summed E-state index contributed by atoms with van der Waals surface area (Å²) in [5, 5.41) is 0. The fourth-order valence-electron chi connectivity index (χ4n) is 1.53. The molecule has 1 aromatic carbocycles. The van der Waals surface area contributed by atoms with Crippen molar-refractivity contribution in [3.63, 3.8) is 0 Å². The monoisotopic (exact) mass is 331 g/mol. The molecule has 0 radical (unpaired) electrons. The smallest absolute Gasteiger partial charge is 0.190 e. The molecule has 1 atom stereocenters. The highest BCUT2D eigenvalue weighted by atomic mass is 32.2. The van der Waals surface area contributed by atoms with Gasteiger partial charge in [-0.15, -0.1) is 4.52 Å². The van der Waals surface area contributed by atoms with Crippen LogP contribution in [-0.2, 0) is 35.8 Å². The van der Waals surface area contributed by atoms with Gasteiger partial charge in [-0.2, -0.15) is 21.6 Å². The number of benzene rings is 1. The lowest BCUT2D eigenvalue weighted by Gasteiger charge is -2.13. The van der Waals surface area contributed by atoms with Gasteiger partial charge in [0.15, 0.2) is 0 Å². The molecule has 0 aliphatic carbocycles. The summed E-state index contributed by atoms with van der Waals surface area (Å²) in [6, 6.07) is 2.94. The maximum absolute atomic E-state index is 12.9. The third-order valence-corrected chi connectivity index (χ3v) is 4.89. The quantitative estimate of drug-likeness (QED) is 0.775. The molecule has 1 aromatic rings. The lowest BCUT2D eigenvalue weighted by molar-refractivity contribution is -0.140. The Morgan fingerprint density at radius 3 is 2.35 bits per heavy atom. The van der Waals surface area contributed by atoms with E-state index in [1.54, 1.807) is 0 Å². The van der Waals surface area contributed by atoms with Crippen LogP contribution in [0.4, 0.5) is 13.2 Å². The SMILES string of the molecule is CCc1cccc(C(F)(F)F)c1S(=O)(=O)O[P+](=O)OC. The van der Waals surface area contributed by atoms with Crippen LogP contribution in [0.25, 0.3) is 0 Å². The molecule has 0 saturated carbocycles. The maximum atomic E-state index is 12.9. The summed E-state index contributed by atoms with van der Waals surface area (Å²) in [4.78, 5) is -1.03. The van der Waals surface area contributed by atoms with E-state index in [-0.39, 0.29) is 12.0 Å². The molecular weight excluding hydrogens is 320 g/mol. The number of hydrogen-bond acceptors (Lipinski definition) is 5. The van der Waals surface area contributed by atoms with E-state index in [1.807, 2.05) is 0 Å². The van der Waals surface area contributed by atoms with Gasteiger partial charge in [-0.3, -0.25) is 0 Å². The first kappa shape index (κ1) is 17.0. The van der Waals surface area contributed by atoms with Gasteiger partial charge in [-0.05, 0) is 18.1 Å². The van der Waals surface area contributed by atoms with Crippen molar-refractivity contribution >= 4 is 18.4 Å². The molecule has 0 aromatic heterocycles. The third kappa shape index (κ3) is 3.76. The van der Waals surface area contributed by atoms with Gasteiger partial charge >= 0.3 is 24.5 Å². The number of rotatable bonds is 5. The molecular formula is C10H11F3O5PS+. The van der Waals surface area contributed by atoms with E-state index in [2.05, 4.69) is 8.49 Å². The minimum atomic E-state index is -4.88. The van der Waals surface area contributed by atoms with Gasteiger partial charge in [0.1, 0.15) is 4.90 Å². The highest BCUT2D eigenvalue weighted by molar-refractivity contribution is 7.89. The summed E-state index contributed by atoms with van der Waals surface area (Å²) in [5.74, 6) is 0. The van der Waals surface area contributed by atoms with Crippen LogP contribution in [0, 0.1) is 0 Å². The zero-order chi connectivity index (χ0) is 15.6. The fourth-order valence-corrected chi connectivity index (χ4v) is 3.70. The van der Waals surface area contributed by atoms with E-state index in [9.17, 15) is 26.2 Å². The molecule has 0 heterocycles. The molecule has 0 bridgehead atoms. The van der Waals surface area contributed by atoms with Crippen molar-refractivity contribution in [3.8, 4) is 0 Å². The molecule has 0 N–H and O–H groups in total. The predicted octanol–water partition coefficient (Wildman–Crippen LogP) is 3.28. The minimum absolute atomic E-state index is 0.0333. The molecule has 1 unspecified atom stereocenters. The first-order valence-corrected chi connectivity index (χ1v) is 7.79. The first-order valence-electron chi connectivity index (χ1n) is 5.28. The molecule has 5 nitrogen and oxygen atoms in total. The van der Waals surface area contributed by atoms with Crippen molar-refractivity contribution in [1.82, 2.24) is 0 Å². The predicted molar refractivity (Wildman–Crippen MR) is 63.7 cm³/mol. The molecule has 0 spiro atoms. The lowest BCUT2D eigenvalue weighted by atomic mass is 10.1. The molecule has 0 aliphatic rings. The molecule has 0 saturated heterocycles. The number of halogens is 3. The summed E-state index contributed by atoms with van der Waals surface area (Å²) in [5.41, 5.74) is -1.45. The summed E-state index contributed by atoms with van der Waals surface area (Å²) in [6.07, 6.45) is -4.85. The van der Waals surface area contributed by atoms with Crippen LogP contribution in [-0.4, -0.2) is 15.5 Å². The van der Waals surface area contributed by atoms with Crippen molar-refractivity contribution in [2.75, 3.05) is 7.11 Å². The van der Waals surface area contributed by atoms with Crippen LogP contribution in [0.5, 0.6) is 0 Å². The van der Waals surface area contributed by atoms with E-state index in [0.29, 0.717) is 6.07 Å². The van der Waals surface area contributed by atoms with E-state index in [0.717, 1.165) is 13.2 Å². The number of alkyl halides is 3. The van der Waals surface area contributed by atoms with Gasteiger partial charge in [0.05, 0.1) is 12.7 Å². The second kappa shape index (κ2) is 6.17. The van der Waals surface area contributed by atoms with Gasteiger partial charge in [-0.1, -0.05) is 19.1 Å². The second-order valence-corrected chi connectivity index (χ2v) is 6.31. The Morgan fingerprint density at radius 1 is 1.30 bits per heavy atom. The number of hydrogen-bond donors (Lipinski definition) is 0. The Kier molecular flexibility index (Phi) is 5.26. The van der Waals surface area contributed by atoms with Gasteiger partial charge in [0, 0.05) is 8.54 Å². The van der Waals surface area contributed by atoms with E-state index in [4.69, 9.17) is 0 Å². The van der Waals surface area contributed by atoms with Crippen LogP contribution >= 0.6 is 8.25 Å². The Morgan fingerprint density at radius 2 is 1.90 bits per heavy atom. The van der Waals surface area contributed by atoms with E-state index < -0.39 is 35.0 Å². The van der Waals surface area contributed by atoms with Crippen LogP contribution in [0.2, 0.25) is 0 Å². The molecule has 0 fully saturated rings. The largest absolute Gasteiger partial charge is 0.714 e. The van der Waals surface area contributed by atoms with Crippen molar-refractivity contribution < 1.29 is 34.6 Å². The molecule has 10 heteroatoms. The van der Waals surface area contributed by atoms with E-state index in [1.165, 1.54) is 13.0 Å². The normalized spacial score (nSPS) is 13.3. The topological polar surface area (TPSA) is 69.7 Å². The van der Waals surface area contributed by atoms with Crippen molar-refractivity contribution in [2.24, 2.45) is 0 Å². The summed E-state index contributed by atoms with van der Waals surface area (Å²) in [6.45, 7) is 1.49. The molecule has 112 valence electrons. The Labute approximate surface area is 114 Å². The zero-order valence-corrected chi connectivity index (χ0v) is 12.2. The van der Waals surface area contributed by atoms with Crippen LogP contribution in [0.15, 0.2) is 23.1 Å². The molecule has 0 amide bonds.